The Morgan fingerprint density at radius 1 is 0.815 bits per heavy atom. The second-order valence-corrected chi connectivity index (χ2v) is 8.41. The van der Waals surface area contributed by atoms with E-state index in [0.29, 0.717) is 15.2 Å². The topological polar surface area (TPSA) is 9.23 Å². The van der Waals surface area contributed by atoms with Gasteiger partial charge in [-0.15, -0.1) is 0 Å². The van der Waals surface area contributed by atoms with E-state index in [4.69, 9.17) is 4.74 Å². The number of para-hydroxylation sites is 1. The van der Waals surface area contributed by atoms with E-state index >= 15 is 0 Å². The molecule has 0 aliphatic rings. The first-order valence-corrected chi connectivity index (χ1v) is 10.5. The molecule has 0 saturated carbocycles. The monoisotopic (exact) mass is 380 g/mol. The Labute approximate surface area is 163 Å². The lowest BCUT2D eigenvalue weighted by molar-refractivity contribution is 0.298. The Morgan fingerprint density at radius 2 is 1.44 bits per heavy atom. The molecule has 0 aromatic heterocycles. The lowest BCUT2D eigenvalue weighted by Crippen LogP contribution is -2.23. The van der Waals surface area contributed by atoms with E-state index in [9.17, 15) is 4.39 Å². The molecule has 0 saturated heterocycles. The first kappa shape index (κ1) is 19.6. The van der Waals surface area contributed by atoms with Crippen molar-refractivity contribution in [1.29, 1.82) is 0 Å². The summed E-state index contributed by atoms with van der Waals surface area (Å²) in [5, 5.41) is 0.661. The third kappa shape index (κ3) is 4.57. The molecule has 1 atom stereocenters. The van der Waals surface area contributed by atoms with Crippen molar-refractivity contribution in [3.63, 3.8) is 0 Å². The molecule has 0 N–H and O–H groups in total. The summed E-state index contributed by atoms with van der Waals surface area (Å²) in [4.78, 5) is 0. The highest BCUT2D eigenvalue weighted by atomic mass is 31.1. The molecule has 0 aliphatic heterocycles. The van der Waals surface area contributed by atoms with Gasteiger partial charge < -0.3 is 4.74 Å². The Kier molecular flexibility index (Phi) is 6.63. The van der Waals surface area contributed by atoms with Crippen molar-refractivity contribution in [2.75, 3.05) is 0 Å². The van der Waals surface area contributed by atoms with Crippen molar-refractivity contribution in [2.24, 2.45) is 0 Å². The highest BCUT2D eigenvalue weighted by Gasteiger charge is 2.32. The fraction of sp³-hybridized carbons (Fsp3) is 0.250. The summed E-state index contributed by atoms with van der Waals surface area (Å²) >= 11 is 0. The van der Waals surface area contributed by atoms with Crippen LogP contribution in [-0.2, 0) is 11.8 Å². The van der Waals surface area contributed by atoms with Crippen LogP contribution in [0.1, 0.15) is 37.8 Å². The van der Waals surface area contributed by atoms with Crippen molar-refractivity contribution in [1.82, 2.24) is 0 Å². The molecule has 0 amide bonds. The van der Waals surface area contributed by atoms with Gasteiger partial charge in [0.05, 0.1) is 0 Å². The maximum Gasteiger partial charge on any atom is 0.130 e. The molecule has 3 heteroatoms. The Balaban J connectivity index is 1.92. The van der Waals surface area contributed by atoms with Crippen LogP contribution in [0.15, 0.2) is 78.9 Å². The summed E-state index contributed by atoms with van der Waals surface area (Å²) in [5.74, 6) is 0.777. The molecule has 1 unspecified atom stereocenters. The number of ether oxygens (including phenoxy) is 1. The molecule has 3 rings (SSSR count). The molecule has 3 aromatic rings. The average molecular weight is 380 g/mol. The molecule has 27 heavy (non-hydrogen) atoms. The quantitative estimate of drug-likeness (QED) is 0.410. The summed E-state index contributed by atoms with van der Waals surface area (Å²) in [5.41, 5.74) is 2.31. The van der Waals surface area contributed by atoms with Gasteiger partial charge in [0, 0.05) is 16.0 Å². The van der Waals surface area contributed by atoms with Gasteiger partial charge in [-0.2, -0.15) is 0 Å². The van der Waals surface area contributed by atoms with E-state index in [2.05, 4.69) is 38.1 Å². The van der Waals surface area contributed by atoms with Gasteiger partial charge in [0.1, 0.15) is 18.2 Å². The molecule has 0 fully saturated rings. The number of benzene rings is 3. The summed E-state index contributed by atoms with van der Waals surface area (Å²) in [6, 6.07) is 25.5. The Bertz CT molecular complexity index is 859. The highest BCUT2D eigenvalue weighted by Crippen LogP contribution is 2.50. The van der Waals surface area contributed by atoms with E-state index in [1.165, 1.54) is 5.56 Å². The van der Waals surface area contributed by atoms with Crippen LogP contribution >= 0.6 is 8.58 Å². The third-order valence-electron chi connectivity index (χ3n) is 5.09. The molecule has 0 spiro atoms. The summed E-state index contributed by atoms with van der Waals surface area (Å²) in [6.07, 6.45) is 1.87. The van der Waals surface area contributed by atoms with Gasteiger partial charge >= 0.3 is 0 Å². The third-order valence-corrected chi connectivity index (χ3v) is 7.22. The fourth-order valence-electron chi connectivity index (χ4n) is 3.42. The predicted octanol–water partition coefficient (Wildman–Crippen LogP) is 6.42. The molecule has 0 heterocycles. The van der Waals surface area contributed by atoms with Crippen LogP contribution in [-0.4, -0.2) is 0 Å². The zero-order valence-corrected chi connectivity index (χ0v) is 16.9. The molecule has 0 radical (unpaired) electrons. The molecule has 1 nitrogen and oxygen atoms in total. The van der Waals surface area contributed by atoms with Crippen LogP contribution in [0, 0.1) is 5.82 Å². The second-order valence-electron chi connectivity index (χ2n) is 6.66. The van der Waals surface area contributed by atoms with Gasteiger partial charge in [-0.05, 0) is 30.5 Å². The van der Waals surface area contributed by atoms with Gasteiger partial charge in [0.25, 0.3) is 0 Å². The molecular weight excluding hydrogens is 354 g/mol. The van der Waals surface area contributed by atoms with Gasteiger partial charge in [-0.25, -0.2) is 4.39 Å². The largest absolute Gasteiger partial charge is 0.489 e. The van der Waals surface area contributed by atoms with Crippen LogP contribution in [0.2, 0.25) is 0 Å². The molecule has 0 aliphatic carbocycles. The minimum atomic E-state index is -0.129. The highest BCUT2D eigenvalue weighted by molar-refractivity contribution is 7.48. The van der Waals surface area contributed by atoms with Crippen molar-refractivity contribution in [2.45, 2.75) is 38.5 Å². The maximum atomic E-state index is 14.4. The molecular formula is C24H26FOP. The molecule has 0 bridgehead atoms. The second kappa shape index (κ2) is 9.15. The SMILES string of the molecule is CCC(CC)(Pc1ccccc1F)c1ccccc1OCc1ccccc1. The minimum absolute atomic E-state index is 0.121. The summed E-state index contributed by atoms with van der Waals surface area (Å²) in [7, 11) is 0.355. The van der Waals surface area contributed by atoms with Gasteiger partial charge in [0.2, 0.25) is 0 Å². The first-order valence-electron chi connectivity index (χ1n) is 9.47. The Morgan fingerprint density at radius 3 is 2.15 bits per heavy atom. The fourth-order valence-corrected chi connectivity index (χ4v) is 5.01. The van der Waals surface area contributed by atoms with Crippen molar-refractivity contribution in [3.8, 4) is 5.75 Å². The molecule has 140 valence electrons. The summed E-state index contributed by atoms with van der Waals surface area (Å²) in [6.45, 7) is 4.90. The standard InChI is InChI=1S/C24H26FOP/c1-3-24(4-2,27-23-17-11-9-15-21(23)25)20-14-8-10-16-22(20)26-18-19-12-6-5-7-13-19/h5-17,27H,3-4,18H2,1-2H3. The van der Waals surface area contributed by atoms with Crippen LogP contribution in [0.3, 0.4) is 0 Å². The van der Waals surface area contributed by atoms with Gasteiger partial charge in [-0.3, -0.25) is 0 Å². The zero-order chi connectivity index (χ0) is 19.1. The minimum Gasteiger partial charge on any atom is -0.489 e. The predicted molar refractivity (Wildman–Crippen MR) is 114 cm³/mol. The average Bonchev–Trinajstić information content (AvgIpc) is 2.73. The molecule has 3 aromatic carbocycles. The van der Waals surface area contributed by atoms with E-state index < -0.39 is 0 Å². The van der Waals surface area contributed by atoms with Crippen LogP contribution in [0.4, 0.5) is 4.39 Å². The summed E-state index contributed by atoms with van der Waals surface area (Å²) < 4.78 is 20.6. The first-order chi connectivity index (χ1) is 13.2. The number of hydrogen-bond donors (Lipinski definition) is 0. The Hall–Kier alpha value is -2.18. The zero-order valence-electron chi connectivity index (χ0n) is 15.9. The van der Waals surface area contributed by atoms with Crippen molar-refractivity contribution >= 4 is 13.9 Å². The van der Waals surface area contributed by atoms with E-state index in [1.54, 1.807) is 12.1 Å². The van der Waals surface area contributed by atoms with Crippen molar-refractivity contribution < 1.29 is 9.13 Å². The lowest BCUT2D eigenvalue weighted by atomic mass is 9.92. The van der Waals surface area contributed by atoms with E-state index in [0.717, 1.165) is 29.5 Å². The maximum absolute atomic E-state index is 14.4. The lowest BCUT2D eigenvalue weighted by Gasteiger charge is -2.34. The van der Waals surface area contributed by atoms with Gasteiger partial charge in [0.15, 0.2) is 0 Å². The van der Waals surface area contributed by atoms with Crippen molar-refractivity contribution in [3.05, 3.63) is 95.8 Å². The normalized spacial score (nSPS) is 11.8. The number of rotatable bonds is 8. The smallest absolute Gasteiger partial charge is 0.130 e. The number of hydrogen-bond acceptors (Lipinski definition) is 1. The number of halogens is 1. The van der Waals surface area contributed by atoms with Crippen LogP contribution in [0.5, 0.6) is 5.75 Å². The van der Waals surface area contributed by atoms with E-state index in [1.807, 2.05) is 42.5 Å². The van der Waals surface area contributed by atoms with Gasteiger partial charge in [-0.1, -0.05) is 89.2 Å². The van der Waals surface area contributed by atoms with Crippen LogP contribution in [0.25, 0.3) is 0 Å². The van der Waals surface area contributed by atoms with E-state index in [-0.39, 0.29) is 11.0 Å². The van der Waals surface area contributed by atoms with Crippen LogP contribution < -0.4 is 10.0 Å².